The van der Waals surface area contributed by atoms with Crippen molar-refractivity contribution < 1.29 is 4.79 Å². The largest absolute Gasteiger partial charge is 0.336 e. The number of benzene rings is 2. The lowest BCUT2D eigenvalue weighted by molar-refractivity contribution is 0.0630. The van der Waals surface area contributed by atoms with Gasteiger partial charge in [0.15, 0.2) is 0 Å². The van der Waals surface area contributed by atoms with Crippen molar-refractivity contribution in [2.24, 2.45) is 0 Å². The number of rotatable bonds is 5. The fourth-order valence-corrected chi connectivity index (χ4v) is 5.13. The predicted octanol–water partition coefficient (Wildman–Crippen LogP) is 5.69. The Morgan fingerprint density at radius 2 is 1.71 bits per heavy atom. The lowest BCUT2D eigenvalue weighted by Crippen LogP contribution is -2.48. The molecule has 0 N–H and O–H groups in total. The highest BCUT2D eigenvalue weighted by Gasteiger charge is 2.25. The highest BCUT2D eigenvalue weighted by Crippen LogP contribution is 2.29. The normalized spacial score (nSPS) is 14.6. The van der Waals surface area contributed by atoms with Gasteiger partial charge in [0, 0.05) is 72.0 Å². The molecule has 0 saturated carbocycles. The second-order valence-corrected chi connectivity index (χ2v) is 9.64. The molecule has 0 radical (unpaired) electrons. The number of carbonyl (C=O) groups is 1. The van der Waals surface area contributed by atoms with Gasteiger partial charge in [0.1, 0.15) is 0 Å². The third-order valence-electron chi connectivity index (χ3n) is 6.60. The van der Waals surface area contributed by atoms with Crippen LogP contribution in [0.1, 0.15) is 28.5 Å². The number of halogens is 2. The van der Waals surface area contributed by atoms with E-state index in [0.717, 1.165) is 53.1 Å². The van der Waals surface area contributed by atoms with Crippen LogP contribution in [0.5, 0.6) is 0 Å². The smallest absolute Gasteiger partial charge is 0.254 e. The first-order valence-corrected chi connectivity index (χ1v) is 12.6. The molecule has 0 spiro atoms. The number of hydrogen-bond acceptors (Lipinski definition) is 4. The summed E-state index contributed by atoms with van der Waals surface area (Å²) in [6.45, 7) is 8.27. The number of nitrogens with zero attached hydrogens (tertiary/aromatic N) is 5. The highest BCUT2D eigenvalue weighted by atomic mass is 35.5. The lowest BCUT2D eigenvalue weighted by atomic mass is 10.0. The van der Waals surface area contributed by atoms with Crippen molar-refractivity contribution in [1.82, 2.24) is 24.6 Å². The molecule has 6 nitrogen and oxygen atoms in total. The molecule has 8 heteroatoms. The maximum Gasteiger partial charge on any atom is 0.254 e. The maximum absolute atomic E-state index is 13.7. The van der Waals surface area contributed by atoms with Gasteiger partial charge in [-0.2, -0.15) is 5.10 Å². The van der Waals surface area contributed by atoms with E-state index < -0.39 is 0 Å². The van der Waals surface area contributed by atoms with Gasteiger partial charge in [0.25, 0.3) is 5.91 Å². The summed E-state index contributed by atoms with van der Waals surface area (Å²) in [5.74, 6) is 0.0285. The monoisotopic (exact) mass is 507 g/mol. The van der Waals surface area contributed by atoms with Crippen LogP contribution in [0.2, 0.25) is 10.0 Å². The summed E-state index contributed by atoms with van der Waals surface area (Å²) in [6, 6.07) is 15.3. The van der Waals surface area contributed by atoms with Crippen LogP contribution in [0.25, 0.3) is 22.2 Å². The van der Waals surface area contributed by atoms with Gasteiger partial charge in [-0.1, -0.05) is 47.5 Å². The van der Waals surface area contributed by atoms with E-state index in [-0.39, 0.29) is 5.91 Å². The summed E-state index contributed by atoms with van der Waals surface area (Å²) >= 11 is 12.7. The van der Waals surface area contributed by atoms with Crippen LogP contribution in [0.15, 0.2) is 54.7 Å². The average molecular weight is 508 g/mol. The quantitative estimate of drug-likeness (QED) is 0.348. The van der Waals surface area contributed by atoms with Crippen molar-refractivity contribution in [1.29, 1.82) is 0 Å². The van der Waals surface area contributed by atoms with Gasteiger partial charge in [0.2, 0.25) is 0 Å². The van der Waals surface area contributed by atoms with Crippen molar-refractivity contribution >= 4 is 40.0 Å². The molecule has 0 unspecified atom stereocenters. The van der Waals surface area contributed by atoms with Crippen LogP contribution in [0.3, 0.4) is 0 Å². The molecule has 1 aliphatic rings. The molecule has 35 heavy (non-hydrogen) atoms. The number of hydrogen-bond donors (Lipinski definition) is 0. The number of amides is 1. The molecule has 1 aliphatic heterocycles. The molecule has 2 aromatic carbocycles. The van der Waals surface area contributed by atoms with Gasteiger partial charge in [-0.15, -0.1) is 0 Å². The van der Waals surface area contributed by atoms with Gasteiger partial charge in [-0.3, -0.25) is 14.4 Å². The minimum atomic E-state index is 0.0285. The summed E-state index contributed by atoms with van der Waals surface area (Å²) in [7, 11) is 0. The molecule has 1 fully saturated rings. The summed E-state index contributed by atoms with van der Waals surface area (Å²) in [5, 5.41) is 6.78. The van der Waals surface area contributed by atoms with Gasteiger partial charge in [0.05, 0.1) is 22.5 Å². The van der Waals surface area contributed by atoms with Gasteiger partial charge >= 0.3 is 0 Å². The van der Waals surface area contributed by atoms with Gasteiger partial charge < -0.3 is 4.90 Å². The molecule has 3 heterocycles. The van der Waals surface area contributed by atoms with Crippen LogP contribution in [-0.2, 0) is 13.1 Å². The van der Waals surface area contributed by atoms with E-state index in [1.165, 1.54) is 0 Å². The van der Waals surface area contributed by atoms with E-state index in [1.54, 1.807) is 0 Å². The second-order valence-electron chi connectivity index (χ2n) is 8.82. The fraction of sp³-hybridized carbons (Fsp3) is 0.296. The van der Waals surface area contributed by atoms with E-state index in [1.807, 2.05) is 71.2 Å². The molecule has 2 aromatic heterocycles. The number of aromatic nitrogens is 3. The van der Waals surface area contributed by atoms with E-state index in [4.69, 9.17) is 28.2 Å². The van der Waals surface area contributed by atoms with Crippen LogP contribution in [-0.4, -0.2) is 56.7 Å². The Morgan fingerprint density at radius 3 is 2.40 bits per heavy atom. The standard InChI is InChI=1S/C27H27Cl2N5O/c1-3-34-17-21(18(2)31-34)26-15-20(19-7-4-5-10-25(19)30-26)27(35)33-13-11-32(12-14-33)16-22-23(28)8-6-9-24(22)29/h4-10,15,17H,3,11-14,16H2,1-2H3. The topological polar surface area (TPSA) is 54.3 Å². The molecular weight excluding hydrogens is 481 g/mol. The predicted molar refractivity (Wildman–Crippen MR) is 141 cm³/mol. The zero-order valence-electron chi connectivity index (χ0n) is 19.8. The minimum absolute atomic E-state index is 0.0285. The molecule has 0 aliphatic carbocycles. The molecule has 1 saturated heterocycles. The lowest BCUT2D eigenvalue weighted by Gasteiger charge is -2.35. The van der Waals surface area contributed by atoms with Crippen molar-refractivity contribution in [2.75, 3.05) is 26.2 Å². The summed E-state index contributed by atoms with van der Waals surface area (Å²) in [4.78, 5) is 22.8. The Bertz CT molecular complexity index is 1370. The molecule has 1 amide bonds. The van der Waals surface area contributed by atoms with Crippen LogP contribution >= 0.6 is 23.2 Å². The number of fused-ring (bicyclic) bond motifs is 1. The Labute approximate surface area is 215 Å². The third-order valence-corrected chi connectivity index (χ3v) is 7.30. The molecular formula is C27H27Cl2N5O. The first kappa shape index (κ1) is 23.8. The van der Waals surface area contributed by atoms with Gasteiger partial charge in [-0.25, -0.2) is 4.98 Å². The molecule has 4 aromatic rings. The van der Waals surface area contributed by atoms with Crippen molar-refractivity contribution in [3.8, 4) is 11.3 Å². The average Bonchev–Trinajstić information content (AvgIpc) is 3.26. The summed E-state index contributed by atoms with van der Waals surface area (Å²) in [5.41, 5.74) is 5.05. The Hall–Kier alpha value is -2.93. The minimum Gasteiger partial charge on any atom is -0.336 e. The van der Waals surface area contributed by atoms with Crippen molar-refractivity contribution in [3.05, 3.63) is 81.6 Å². The van der Waals surface area contributed by atoms with Crippen molar-refractivity contribution in [3.63, 3.8) is 0 Å². The second kappa shape index (κ2) is 9.97. The first-order valence-electron chi connectivity index (χ1n) is 11.8. The number of piperazine rings is 1. The van der Waals surface area contributed by atoms with Gasteiger partial charge in [-0.05, 0) is 38.1 Å². The summed E-state index contributed by atoms with van der Waals surface area (Å²) < 4.78 is 1.90. The summed E-state index contributed by atoms with van der Waals surface area (Å²) in [6.07, 6.45) is 2.00. The highest BCUT2D eigenvalue weighted by molar-refractivity contribution is 6.36. The van der Waals surface area contributed by atoms with Crippen molar-refractivity contribution in [2.45, 2.75) is 26.9 Å². The Morgan fingerprint density at radius 1 is 1.00 bits per heavy atom. The fourth-order valence-electron chi connectivity index (χ4n) is 4.61. The molecule has 5 rings (SSSR count). The number of para-hydroxylation sites is 1. The molecule has 0 bridgehead atoms. The zero-order chi connectivity index (χ0) is 24.5. The Kier molecular flexibility index (Phi) is 6.78. The number of pyridine rings is 1. The van der Waals surface area contributed by atoms with Crippen LogP contribution in [0, 0.1) is 6.92 Å². The first-order chi connectivity index (χ1) is 16.9. The van der Waals surface area contributed by atoms with E-state index in [0.29, 0.717) is 35.2 Å². The van der Waals surface area contributed by atoms with E-state index in [2.05, 4.69) is 16.9 Å². The number of aryl methyl sites for hydroxylation is 2. The van der Waals surface area contributed by atoms with Crippen LogP contribution < -0.4 is 0 Å². The molecule has 180 valence electrons. The zero-order valence-corrected chi connectivity index (χ0v) is 21.4. The third kappa shape index (κ3) is 4.79. The van der Waals surface area contributed by atoms with E-state index >= 15 is 0 Å². The Balaban J connectivity index is 1.39. The maximum atomic E-state index is 13.7. The van der Waals surface area contributed by atoms with E-state index in [9.17, 15) is 4.79 Å². The van der Waals surface area contributed by atoms with Crippen LogP contribution in [0.4, 0.5) is 0 Å². The molecule has 0 atom stereocenters. The number of carbonyl (C=O) groups excluding carboxylic acids is 1. The SMILES string of the molecule is CCn1cc(-c2cc(C(=O)N3CCN(Cc4c(Cl)cccc4Cl)CC3)c3ccccc3n2)c(C)n1.